The van der Waals surface area contributed by atoms with Crippen molar-refractivity contribution < 1.29 is 4.74 Å². The summed E-state index contributed by atoms with van der Waals surface area (Å²) in [6.07, 6.45) is 2.66. The molecular weight excluding hydrogens is 168 g/mol. The average molecular weight is 184 g/mol. The number of methoxy groups -OCH3 is 1. The number of aromatic nitrogens is 3. The van der Waals surface area contributed by atoms with Gasteiger partial charge in [-0.25, -0.2) is 0 Å². The molecule has 0 aliphatic rings. The van der Waals surface area contributed by atoms with Gasteiger partial charge in [0.25, 0.3) is 0 Å². The van der Waals surface area contributed by atoms with Gasteiger partial charge in [0.15, 0.2) is 0 Å². The van der Waals surface area contributed by atoms with Crippen LogP contribution in [0, 0.1) is 0 Å². The minimum atomic E-state index is -0.0648. The van der Waals surface area contributed by atoms with Gasteiger partial charge in [-0.05, 0) is 13.3 Å². The zero-order chi connectivity index (χ0) is 9.68. The highest BCUT2D eigenvalue weighted by Gasteiger charge is 2.07. The van der Waals surface area contributed by atoms with Gasteiger partial charge >= 0.3 is 0 Å². The first-order chi connectivity index (χ1) is 6.25. The Morgan fingerprint density at radius 2 is 2.46 bits per heavy atom. The predicted octanol–water partition coefficient (Wildman–Crippen LogP) is 0.334. The topological polar surface area (TPSA) is 66.0 Å². The Morgan fingerprint density at radius 1 is 1.69 bits per heavy atom. The minimum absolute atomic E-state index is 0.0648. The van der Waals surface area contributed by atoms with E-state index in [-0.39, 0.29) is 6.04 Å². The van der Waals surface area contributed by atoms with Crippen molar-refractivity contribution in [3.05, 3.63) is 12.2 Å². The van der Waals surface area contributed by atoms with E-state index in [0.29, 0.717) is 0 Å². The molecule has 1 aromatic rings. The van der Waals surface area contributed by atoms with Gasteiger partial charge in [0, 0.05) is 20.3 Å². The summed E-state index contributed by atoms with van der Waals surface area (Å²) in [5.41, 5.74) is 5.71. The maximum absolute atomic E-state index is 5.71. The molecule has 0 spiro atoms. The van der Waals surface area contributed by atoms with Crippen molar-refractivity contribution in [3.63, 3.8) is 0 Å². The molecule has 0 saturated heterocycles. The van der Waals surface area contributed by atoms with E-state index < -0.39 is 0 Å². The van der Waals surface area contributed by atoms with Crippen LogP contribution in [-0.4, -0.2) is 28.5 Å². The van der Waals surface area contributed by atoms with Gasteiger partial charge in [-0.3, -0.25) is 0 Å². The number of hydrogen-bond donors (Lipinski definition) is 1. The Hall–Kier alpha value is -0.940. The van der Waals surface area contributed by atoms with Crippen molar-refractivity contribution >= 4 is 0 Å². The van der Waals surface area contributed by atoms with E-state index in [4.69, 9.17) is 10.5 Å². The summed E-state index contributed by atoms with van der Waals surface area (Å²) < 4.78 is 6.92. The molecule has 2 N–H and O–H groups in total. The van der Waals surface area contributed by atoms with E-state index in [9.17, 15) is 0 Å². The average Bonchev–Trinajstić information content (AvgIpc) is 2.53. The molecule has 1 aromatic heterocycles. The van der Waals surface area contributed by atoms with Gasteiger partial charge in [-0.15, -0.1) is 10.2 Å². The fourth-order valence-electron chi connectivity index (χ4n) is 1.17. The Kier molecular flexibility index (Phi) is 3.85. The molecule has 0 saturated carbocycles. The Balaban J connectivity index is 2.50. The van der Waals surface area contributed by atoms with Crippen molar-refractivity contribution in [1.29, 1.82) is 0 Å². The first-order valence-electron chi connectivity index (χ1n) is 4.38. The number of ether oxygens (including phenoxy) is 1. The van der Waals surface area contributed by atoms with Gasteiger partial charge < -0.3 is 15.0 Å². The largest absolute Gasteiger partial charge is 0.385 e. The highest BCUT2D eigenvalue weighted by molar-refractivity contribution is 4.91. The third-order valence-electron chi connectivity index (χ3n) is 1.80. The van der Waals surface area contributed by atoms with Crippen LogP contribution in [0.1, 0.15) is 25.2 Å². The zero-order valence-corrected chi connectivity index (χ0v) is 8.10. The van der Waals surface area contributed by atoms with E-state index in [1.54, 1.807) is 13.4 Å². The summed E-state index contributed by atoms with van der Waals surface area (Å²) in [6.45, 7) is 3.51. The molecule has 0 unspecified atom stereocenters. The van der Waals surface area contributed by atoms with Crippen molar-refractivity contribution in [3.8, 4) is 0 Å². The predicted molar refractivity (Wildman–Crippen MR) is 49.1 cm³/mol. The standard InChI is InChI=1S/C8H16N4O/c1-7(9)8-11-10-6-12(8)4-3-5-13-2/h6-7H,3-5,9H2,1-2H3/t7-/m1/s1. The number of hydrogen-bond acceptors (Lipinski definition) is 4. The van der Waals surface area contributed by atoms with E-state index in [1.807, 2.05) is 11.5 Å². The molecule has 0 amide bonds. The van der Waals surface area contributed by atoms with Crippen LogP contribution in [0.3, 0.4) is 0 Å². The molecular formula is C8H16N4O. The van der Waals surface area contributed by atoms with Crippen LogP contribution >= 0.6 is 0 Å². The Labute approximate surface area is 77.9 Å². The van der Waals surface area contributed by atoms with Gasteiger partial charge in [-0.2, -0.15) is 0 Å². The highest BCUT2D eigenvalue weighted by Crippen LogP contribution is 2.05. The second-order valence-electron chi connectivity index (χ2n) is 3.02. The maximum atomic E-state index is 5.71. The number of rotatable bonds is 5. The summed E-state index contributed by atoms with van der Waals surface area (Å²) in [5, 5.41) is 7.76. The number of aryl methyl sites for hydroxylation is 1. The summed E-state index contributed by atoms with van der Waals surface area (Å²) >= 11 is 0. The highest BCUT2D eigenvalue weighted by atomic mass is 16.5. The quantitative estimate of drug-likeness (QED) is 0.670. The van der Waals surface area contributed by atoms with Crippen LogP contribution in [0.15, 0.2) is 6.33 Å². The first kappa shape index (κ1) is 10.1. The molecule has 1 atom stereocenters. The van der Waals surface area contributed by atoms with Crippen molar-refractivity contribution in [2.45, 2.75) is 25.9 Å². The Bertz CT molecular complexity index is 246. The van der Waals surface area contributed by atoms with Crippen LogP contribution in [0.4, 0.5) is 0 Å². The monoisotopic (exact) mass is 184 g/mol. The van der Waals surface area contributed by atoms with Gasteiger partial charge in [0.05, 0.1) is 6.04 Å². The molecule has 5 nitrogen and oxygen atoms in total. The molecule has 0 aliphatic carbocycles. The normalized spacial score (nSPS) is 13.2. The molecule has 0 bridgehead atoms. The van der Waals surface area contributed by atoms with E-state index >= 15 is 0 Å². The third-order valence-corrected chi connectivity index (χ3v) is 1.80. The lowest BCUT2D eigenvalue weighted by Crippen LogP contribution is -2.14. The lowest BCUT2D eigenvalue weighted by Gasteiger charge is -2.07. The van der Waals surface area contributed by atoms with Crippen LogP contribution in [0.2, 0.25) is 0 Å². The zero-order valence-electron chi connectivity index (χ0n) is 8.10. The lowest BCUT2D eigenvalue weighted by molar-refractivity contribution is 0.190. The van der Waals surface area contributed by atoms with E-state index in [2.05, 4.69) is 10.2 Å². The van der Waals surface area contributed by atoms with Crippen LogP contribution in [-0.2, 0) is 11.3 Å². The lowest BCUT2D eigenvalue weighted by atomic mass is 10.3. The summed E-state index contributed by atoms with van der Waals surface area (Å²) in [7, 11) is 1.69. The molecule has 1 heterocycles. The van der Waals surface area contributed by atoms with Crippen LogP contribution < -0.4 is 5.73 Å². The first-order valence-corrected chi connectivity index (χ1v) is 4.38. The molecule has 1 rings (SSSR count). The summed E-state index contributed by atoms with van der Waals surface area (Å²) in [5.74, 6) is 0.830. The fourth-order valence-corrected chi connectivity index (χ4v) is 1.17. The van der Waals surface area contributed by atoms with Gasteiger partial charge in [0.2, 0.25) is 0 Å². The van der Waals surface area contributed by atoms with Crippen molar-refractivity contribution in [1.82, 2.24) is 14.8 Å². The van der Waals surface area contributed by atoms with Gasteiger partial charge in [-0.1, -0.05) is 0 Å². The maximum Gasteiger partial charge on any atom is 0.149 e. The third kappa shape index (κ3) is 2.78. The van der Waals surface area contributed by atoms with Crippen molar-refractivity contribution in [2.24, 2.45) is 5.73 Å². The van der Waals surface area contributed by atoms with E-state index in [0.717, 1.165) is 25.4 Å². The van der Waals surface area contributed by atoms with Crippen LogP contribution in [0.5, 0.6) is 0 Å². The summed E-state index contributed by atoms with van der Waals surface area (Å²) in [4.78, 5) is 0. The SMILES string of the molecule is COCCCn1cnnc1[C@@H](C)N. The molecule has 5 heteroatoms. The second-order valence-corrected chi connectivity index (χ2v) is 3.02. The smallest absolute Gasteiger partial charge is 0.149 e. The Morgan fingerprint density at radius 3 is 3.08 bits per heavy atom. The van der Waals surface area contributed by atoms with Gasteiger partial charge in [0.1, 0.15) is 12.2 Å². The molecule has 0 aromatic carbocycles. The molecule has 0 aliphatic heterocycles. The minimum Gasteiger partial charge on any atom is -0.385 e. The number of nitrogens with two attached hydrogens (primary N) is 1. The summed E-state index contributed by atoms with van der Waals surface area (Å²) in [6, 6.07) is -0.0648. The molecule has 74 valence electrons. The van der Waals surface area contributed by atoms with Crippen LogP contribution in [0.25, 0.3) is 0 Å². The fraction of sp³-hybridized carbons (Fsp3) is 0.750. The van der Waals surface area contributed by atoms with Crippen molar-refractivity contribution in [2.75, 3.05) is 13.7 Å². The van der Waals surface area contributed by atoms with E-state index in [1.165, 1.54) is 0 Å². The molecule has 0 radical (unpaired) electrons. The molecule has 13 heavy (non-hydrogen) atoms. The molecule has 0 fully saturated rings. The number of nitrogens with zero attached hydrogens (tertiary/aromatic N) is 3. The second kappa shape index (κ2) is 4.94.